The van der Waals surface area contributed by atoms with Crippen LogP contribution >= 0.6 is 0 Å². The third kappa shape index (κ3) is 1.41. The third-order valence-corrected chi connectivity index (χ3v) is 1.72. The highest BCUT2D eigenvalue weighted by Gasteiger charge is 2.00. The van der Waals surface area contributed by atoms with Crippen molar-refractivity contribution >= 4 is 5.69 Å². The summed E-state index contributed by atoms with van der Waals surface area (Å²) in [6.45, 7) is 0. The number of nitrogens with two attached hydrogens (primary N) is 1. The van der Waals surface area contributed by atoms with E-state index in [4.69, 9.17) is 11.0 Å². The van der Waals surface area contributed by atoms with Crippen molar-refractivity contribution in [2.24, 2.45) is 0 Å². The van der Waals surface area contributed by atoms with Crippen molar-refractivity contribution in [3.05, 3.63) is 36.3 Å². The fourth-order valence-corrected chi connectivity index (χ4v) is 1.04. The second kappa shape index (κ2) is 3.18. The molecule has 0 bridgehead atoms. The molecular formula is C9H7N5. The van der Waals surface area contributed by atoms with Gasteiger partial charge in [0.25, 0.3) is 0 Å². The molecule has 0 saturated heterocycles. The van der Waals surface area contributed by atoms with Crippen LogP contribution in [0.4, 0.5) is 5.69 Å². The van der Waals surface area contributed by atoms with E-state index in [9.17, 15) is 0 Å². The lowest BCUT2D eigenvalue weighted by Gasteiger charge is -1.98. The van der Waals surface area contributed by atoms with E-state index in [0.29, 0.717) is 17.1 Å². The van der Waals surface area contributed by atoms with E-state index in [2.05, 4.69) is 10.1 Å². The average molecular weight is 185 g/mol. The van der Waals surface area contributed by atoms with Crippen LogP contribution in [0.25, 0.3) is 5.82 Å². The van der Waals surface area contributed by atoms with E-state index in [1.165, 1.54) is 10.9 Å². The molecule has 2 N–H and O–H groups in total. The highest BCUT2D eigenvalue weighted by atomic mass is 15.3. The molecule has 0 aliphatic carbocycles. The topological polar surface area (TPSA) is 80.5 Å². The summed E-state index contributed by atoms with van der Waals surface area (Å²) in [5.74, 6) is 0.640. The van der Waals surface area contributed by atoms with Crippen LogP contribution in [0, 0.1) is 11.3 Å². The van der Waals surface area contributed by atoms with Crippen LogP contribution in [-0.2, 0) is 0 Å². The zero-order chi connectivity index (χ0) is 9.97. The molecule has 0 unspecified atom stereocenters. The van der Waals surface area contributed by atoms with Gasteiger partial charge in [-0.25, -0.2) is 9.67 Å². The molecule has 5 nitrogen and oxygen atoms in total. The van der Waals surface area contributed by atoms with Crippen LogP contribution in [0.5, 0.6) is 0 Å². The average Bonchev–Trinajstić information content (AvgIpc) is 2.67. The van der Waals surface area contributed by atoms with Crippen LogP contribution in [0.2, 0.25) is 0 Å². The Morgan fingerprint density at radius 2 is 2.21 bits per heavy atom. The summed E-state index contributed by atoms with van der Waals surface area (Å²) < 4.78 is 1.53. The number of aromatic nitrogens is 3. The van der Waals surface area contributed by atoms with E-state index >= 15 is 0 Å². The Bertz CT molecular complexity index is 477. The lowest BCUT2D eigenvalue weighted by atomic mass is 10.4. The number of anilines is 1. The predicted molar refractivity (Wildman–Crippen MR) is 50.5 cm³/mol. The maximum atomic E-state index is 8.60. The molecule has 2 aromatic heterocycles. The van der Waals surface area contributed by atoms with E-state index in [0.717, 1.165) is 0 Å². The van der Waals surface area contributed by atoms with Gasteiger partial charge in [0.05, 0.1) is 29.8 Å². The van der Waals surface area contributed by atoms with Gasteiger partial charge in [0.2, 0.25) is 0 Å². The van der Waals surface area contributed by atoms with Gasteiger partial charge in [0.15, 0.2) is 5.82 Å². The number of nitrogens with zero attached hydrogens (tertiary/aromatic N) is 4. The molecule has 0 saturated carbocycles. The number of rotatable bonds is 1. The fourth-order valence-electron chi connectivity index (χ4n) is 1.04. The van der Waals surface area contributed by atoms with Gasteiger partial charge >= 0.3 is 0 Å². The summed E-state index contributed by atoms with van der Waals surface area (Å²) in [6.07, 6.45) is 4.64. The normalized spacial score (nSPS) is 9.64. The molecule has 68 valence electrons. The van der Waals surface area contributed by atoms with Crippen molar-refractivity contribution in [3.8, 4) is 11.9 Å². The highest BCUT2D eigenvalue weighted by molar-refractivity contribution is 5.38. The van der Waals surface area contributed by atoms with Gasteiger partial charge < -0.3 is 5.73 Å². The molecule has 0 aliphatic rings. The predicted octanol–water partition coefficient (Wildman–Crippen LogP) is 0.721. The van der Waals surface area contributed by atoms with Crippen LogP contribution in [0.15, 0.2) is 30.7 Å². The summed E-state index contributed by atoms with van der Waals surface area (Å²) in [7, 11) is 0. The Labute approximate surface area is 80.4 Å². The quantitative estimate of drug-likeness (QED) is 0.709. The molecule has 0 aromatic carbocycles. The van der Waals surface area contributed by atoms with E-state index < -0.39 is 0 Å². The molecular weight excluding hydrogens is 178 g/mol. The minimum atomic E-state index is 0.503. The first-order chi connectivity index (χ1) is 6.79. The number of hydrogen-bond donors (Lipinski definition) is 1. The van der Waals surface area contributed by atoms with Crippen molar-refractivity contribution in [1.29, 1.82) is 5.26 Å². The Kier molecular flexibility index (Phi) is 1.88. The van der Waals surface area contributed by atoms with E-state index in [1.807, 2.05) is 6.07 Å². The molecule has 2 heterocycles. The van der Waals surface area contributed by atoms with E-state index in [-0.39, 0.29) is 0 Å². The SMILES string of the molecule is N#Cc1cnn(-c2ccc(N)cn2)c1. The smallest absolute Gasteiger partial charge is 0.153 e. The van der Waals surface area contributed by atoms with Crippen molar-refractivity contribution < 1.29 is 0 Å². The van der Waals surface area contributed by atoms with Gasteiger partial charge in [-0.1, -0.05) is 0 Å². The van der Waals surface area contributed by atoms with Gasteiger partial charge in [0, 0.05) is 0 Å². The minimum absolute atomic E-state index is 0.503. The van der Waals surface area contributed by atoms with Crippen molar-refractivity contribution in [1.82, 2.24) is 14.8 Å². The van der Waals surface area contributed by atoms with Crippen molar-refractivity contribution in [2.75, 3.05) is 5.73 Å². The minimum Gasteiger partial charge on any atom is -0.397 e. The second-order valence-corrected chi connectivity index (χ2v) is 2.74. The van der Waals surface area contributed by atoms with E-state index in [1.54, 1.807) is 24.5 Å². The van der Waals surface area contributed by atoms with Gasteiger partial charge in [-0.05, 0) is 12.1 Å². The summed E-state index contributed by atoms with van der Waals surface area (Å²) in [4.78, 5) is 4.06. The monoisotopic (exact) mass is 185 g/mol. The molecule has 0 amide bonds. The van der Waals surface area contributed by atoms with Gasteiger partial charge in [0.1, 0.15) is 6.07 Å². The lowest BCUT2D eigenvalue weighted by Crippen LogP contribution is -1.98. The summed E-state index contributed by atoms with van der Waals surface area (Å²) in [6, 6.07) is 5.46. The van der Waals surface area contributed by atoms with Crippen LogP contribution in [0.3, 0.4) is 0 Å². The zero-order valence-electron chi connectivity index (χ0n) is 7.25. The molecule has 5 heteroatoms. The third-order valence-electron chi connectivity index (χ3n) is 1.72. The van der Waals surface area contributed by atoms with Crippen molar-refractivity contribution in [2.45, 2.75) is 0 Å². The first-order valence-corrected chi connectivity index (χ1v) is 3.96. The molecule has 14 heavy (non-hydrogen) atoms. The molecule has 2 aromatic rings. The second-order valence-electron chi connectivity index (χ2n) is 2.74. The highest BCUT2D eigenvalue weighted by Crippen LogP contribution is 2.06. The molecule has 0 atom stereocenters. The van der Waals surface area contributed by atoms with Crippen LogP contribution in [0.1, 0.15) is 5.56 Å². The molecule has 0 radical (unpaired) electrons. The van der Waals surface area contributed by atoms with Gasteiger partial charge in [-0.15, -0.1) is 0 Å². The number of nitriles is 1. The van der Waals surface area contributed by atoms with Gasteiger partial charge in [-0.2, -0.15) is 10.4 Å². The van der Waals surface area contributed by atoms with Crippen LogP contribution < -0.4 is 5.73 Å². The largest absolute Gasteiger partial charge is 0.397 e. The lowest BCUT2D eigenvalue weighted by molar-refractivity contribution is 0.847. The van der Waals surface area contributed by atoms with Crippen molar-refractivity contribution in [3.63, 3.8) is 0 Å². The standard InChI is InChI=1S/C9H7N5/c10-3-7-4-13-14(6-7)9-2-1-8(11)5-12-9/h1-2,4-6H,11H2. The summed E-state index contributed by atoms with van der Waals surface area (Å²) in [5.41, 5.74) is 6.59. The molecule has 0 aliphatic heterocycles. The Balaban J connectivity index is 2.40. The molecule has 0 spiro atoms. The van der Waals surface area contributed by atoms with Gasteiger partial charge in [-0.3, -0.25) is 0 Å². The summed E-state index contributed by atoms with van der Waals surface area (Å²) >= 11 is 0. The number of hydrogen-bond acceptors (Lipinski definition) is 4. The Morgan fingerprint density at radius 1 is 1.36 bits per heavy atom. The first-order valence-electron chi connectivity index (χ1n) is 3.96. The summed E-state index contributed by atoms with van der Waals surface area (Å²) in [5, 5.41) is 12.6. The first kappa shape index (κ1) is 8.26. The zero-order valence-corrected chi connectivity index (χ0v) is 7.25. The Morgan fingerprint density at radius 3 is 2.79 bits per heavy atom. The number of nitrogen functional groups attached to an aromatic ring is 1. The maximum Gasteiger partial charge on any atom is 0.153 e. The fraction of sp³-hybridized carbons (Fsp3) is 0. The van der Waals surface area contributed by atoms with Crippen LogP contribution in [-0.4, -0.2) is 14.8 Å². The number of pyridine rings is 1. The molecule has 2 rings (SSSR count). The molecule has 0 fully saturated rings. The maximum absolute atomic E-state index is 8.60. The Hall–Kier alpha value is -2.35.